The van der Waals surface area contributed by atoms with Crippen molar-refractivity contribution in [3.63, 3.8) is 0 Å². The van der Waals surface area contributed by atoms with Gasteiger partial charge in [0.1, 0.15) is 17.1 Å². The van der Waals surface area contributed by atoms with Gasteiger partial charge in [0, 0.05) is 11.6 Å². The first-order valence-electron chi connectivity index (χ1n) is 6.23. The lowest BCUT2D eigenvalue weighted by molar-refractivity contribution is 0.158. The molecule has 0 amide bonds. The molecule has 2 heteroatoms. The van der Waals surface area contributed by atoms with E-state index < -0.39 is 0 Å². The molecule has 0 unspecified atom stereocenters. The van der Waals surface area contributed by atoms with Crippen LogP contribution in [0.4, 0.5) is 0 Å². The van der Waals surface area contributed by atoms with E-state index in [1.165, 1.54) is 5.56 Å². The summed E-state index contributed by atoms with van der Waals surface area (Å²) in [6.45, 7) is 8.94. The Morgan fingerprint density at radius 2 is 2.00 bits per heavy atom. The fraction of sp³-hybridized carbons (Fsp3) is 0.467. The van der Waals surface area contributed by atoms with E-state index in [1.54, 1.807) is 0 Å². The summed E-state index contributed by atoms with van der Waals surface area (Å²) < 4.78 is 11.6. The maximum Gasteiger partial charge on any atom is 0.131 e. The number of hydrogen-bond acceptors (Lipinski definition) is 2. The molecule has 0 saturated heterocycles. The SMILES string of the molecule is CCOc1cc2c(cc1CC)C=CC(C)(C)O2. The van der Waals surface area contributed by atoms with Crippen molar-refractivity contribution in [2.75, 3.05) is 6.61 Å². The average molecular weight is 232 g/mol. The molecule has 92 valence electrons. The minimum atomic E-state index is -0.232. The molecule has 2 rings (SSSR count). The number of aryl methyl sites for hydroxylation is 1. The lowest BCUT2D eigenvalue weighted by Crippen LogP contribution is -2.27. The van der Waals surface area contributed by atoms with Crippen LogP contribution in [-0.4, -0.2) is 12.2 Å². The van der Waals surface area contributed by atoms with E-state index in [0.717, 1.165) is 23.5 Å². The molecule has 1 aromatic carbocycles. The Hall–Kier alpha value is -1.44. The molecule has 0 aliphatic carbocycles. The number of ether oxygens (including phenoxy) is 2. The Morgan fingerprint density at radius 3 is 2.65 bits per heavy atom. The van der Waals surface area contributed by atoms with E-state index in [9.17, 15) is 0 Å². The van der Waals surface area contributed by atoms with E-state index >= 15 is 0 Å². The number of rotatable bonds is 3. The van der Waals surface area contributed by atoms with E-state index in [0.29, 0.717) is 6.61 Å². The molecule has 0 spiro atoms. The third kappa shape index (κ3) is 2.46. The minimum absolute atomic E-state index is 0.232. The molecule has 1 aliphatic heterocycles. The van der Waals surface area contributed by atoms with Crippen LogP contribution in [0, 0.1) is 0 Å². The average Bonchev–Trinajstić information content (AvgIpc) is 2.27. The van der Waals surface area contributed by atoms with Gasteiger partial charge in [0.2, 0.25) is 0 Å². The summed E-state index contributed by atoms with van der Waals surface area (Å²) in [6.07, 6.45) is 5.20. The van der Waals surface area contributed by atoms with Gasteiger partial charge in [-0.1, -0.05) is 13.0 Å². The zero-order chi connectivity index (χ0) is 12.5. The monoisotopic (exact) mass is 232 g/mol. The van der Waals surface area contributed by atoms with Crippen LogP contribution in [0.5, 0.6) is 11.5 Å². The standard InChI is InChI=1S/C15H20O2/c1-5-11-9-12-7-8-15(3,4)17-14(12)10-13(11)16-6-2/h7-10H,5-6H2,1-4H3. The van der Waals surface area contributed by atoms with Gasteiger partial charge in [-0.25, -0.2) is 0 Å². The topological polar surface area (TPSA) is 18.5 Å². The predicted octanol–water partition coefficient (Wildman–Crippen LogP) is 3.83. The van der Waals surface area contributed by atoms with Crippen LogP contribution in [0.1, 0.15) is 38.8 Å². The second-order valence-electron chi connectivity index (χ2n) is 4.82. The van der Waals surface area contributed by atoms with Gasteiger partial charge in [0.15, 0.2) is 0 Å². The number of hydrogen-bond donors (Lipinski definition) is 0. The zero-order valence-electron chi connectivity index (χ0n) is 11.0. The highest BCUT2D eigenvalue weighted by atomic mass is 16.5. The van der Waals surface area contributed by atoms with Crippen molar-refractivity contribution < 1.29 is 9.47 Å². The summed E-state index contributed by atoms with van der Waals surface area (Å²) in [5.74, 6) is 1.86. The van der Waals surface area contributed by atoms with Crippen molar-refractivity contribution in [2.24, 2.45) is 0 Å². The normalized spacial score (nSPS) is 16.2. The van der Waals surface area contributed by atoms with Gasteiger partial charge in [0.05, 0.1) is 6.61 Å². The van der Waals surface area contributed by atoms with Crippen LogP contribution in [0.3, 0.4) is 0 Å². The first-order chi connectivity index (χ1) is 8.05. The van der Waals surface area contributed by atoms with Crippen molar-refractivity contribution >= 4 is 6.08 Å². The summed E-state index contributed by atoms with van der Waals surface area (Å²) >= 11 is 0. The highest BCUT2D eigenvalue weighted by Crippen LogP contribution is 2.36. The molecule has 17 heavy (non-hydrogen) atoms. The molecule has 1 heterocycles. The third-order valence-corrected chi connectivity index (χ3v) is 2.91. The molecule has 0 bridgehead atoms. The maximum atomic E-state index is 5.94. The van der Waals surface area contributed by atoms with Crippen molar-refractivity contribution in [1.29, 1.82) is 0 Å². The smallest absolute Gasteiger partial charge is 0.131 e. The van der Waals surface area contributed by atoms with Crippen molar-refractivity contribution in [1.82, 2.24) is 0 Å². The molecule has 0 saturated carbocycles. The van der Waals surface area contributed by atoms with Crippen LogP contribution >= 0.6 is 0 Å². The van der Waals surface area contributed by atoms with Gasteiger partial charge in [-0.05, 0) is 44.9 Å². The van der Waals surface area contributed by atoms with Gasteiger partial charge < -0.3 is 9.47 Å². The first kappa shape index (κ1) is 12.0. The fourth-order valence-electron chi connectivity index (χ4n) is 2.02. The van der Waals surface area contributed by atoms with Crippen LogP contribution in [0.15, 0.2) is 18.2 Å². The first-order valence-corrected chi connectivity index (χ1v) is 6.23. The Morgan fingerprint density at radius 1 is 1.24 bits per heavy atom. The van der Waals surface area contributed by atoms with Gasteiger partial charge in [-0.3, -0.25) is 0 Å². The molecule has 2 nitrogen and oxygen atoms in total. The van der Waals surface area contributed by atoms with Crippen LogP contribution in [-0.2, 0) is 6.42 Å². The second kappa shape index (κ2) is 4.44. The van der Waals surface area contributed by atoms with Gasteiger partial charge in [-0.2, -0.15) is 0 Å². The van der Waals surface area contributed by atoms with E-state index in [1.807, 2.05) is 13.0 Å². The third-order valence-electron chi connectivity index (χ3n) is 2.91. The van der Waals surface area contributed by atoms with Crippen molar-refractivity contribution in [2.45, 2.75) is 39.7 Å². The fourth-order valence-corrected chi connectivity index (χ4v) is 2.02. The molecule has 1 aromatic rings. The summed E-state index contributed by atoms with van der Waals surface area (Å²) in [5, 5.41) is 0. The Balaban J connectivity index is 2.44. The predicted molar refractivity (Wildman–Crippen MR) is 70.7 cm³/mol. The van der Waals surface area contributed by atoms with Gasteiger partial charge in [0.25, 0.3) is 0 Å². The summed E-state index contributed by atoms with van der Waals surface area (Å²) in [5.41, 5.74) is 2.15. The highest BCUT2D eigenvalue weighted by Gasteiger charge is 2.22. The van der Waals surface area contributed by atoms with E-state index in [4.69, 9.17) is 9.47 Å². The molecule has 0 atom stereocenters. The Kier molecular flexibility index (Phi) is 3.14. The van der Waals surface area contributed by atoms with Gasteiger partial charge in [-0.15, -0.1) is 0 Å². The Bertz CT molecular complexity index is 444. The highest BCUT2D eigenvalue weighted by molar-refractivity contribution is 5.64. The molecule has 1 aliphatic rings. The summed E-state index contributed by atoms with van der Waals surface area (Å²) in [7, 11) is 0. The van der Waals surface area contributed by atoms with Crippen LogP contribution < -0.4 is 9.47 Å². The second-order valence-corrected chi connectivity index (χ2v) is 4.82. The van der Waals surface area contributed by atoms with E-state index in [2.05, 4.69) is 39.0 Å². The molecule has 0 radical (unpaired) electrons. The maximum absolute atomic E-state index is 5.94. The van der Waals surface area contributed by atoms with Crippen LogP contribution in [0.2, 0.25) is 0 Å². The molecular weight excluding hydrogens is 212 g/mol. The summed E-state index contributed by atoms with van der Waals surface area (Å²) in [4.78, 5) is 0. The van der Waals surface area contributed by atoms with Gasteiger partial charge >= 0.3 is 0 Å². The Labute approximate surface area is 103 Å². The minimum Gasteiger partial charge on any atom is -0.493 e. The molecular formula is C15H20O2. The lowest BCUT2D eigenvalue weighted by atomic mass is 9.99. The quantitative estimate of drug-likeness (QED) is 0.788. The number of benzene rings is 1. The van der Waals surface area contributed by atoms with Crippen molar-refractivity contribution in [3.05, 3.63) is 29.3 Å². The van der Waals surface area contributed by atoms with E-state index in [-0.39, 0.29) is 5.60 Å². The molecule has 0 N–H and O–H groups in total. The lowest BCUT2D eigenvalue weighted by Gasteiger charge is -2.28. The number of fused-ring (bicyclic) bond motifs is 1. The zero-order valence-corrected chi connectivity index (χ0v) is 11.0. The summed E-state index contributed by atoms with van der Waals surface area (Å²) in [6, 6.07) is 4.18. The molecule has 0 aromatic heterocycles. The van der Waals surface area contributed by atoms with Crippen molar-refractivity contribution in [3.8, 4) is 11.5 Å². The largest absolute Gasteiger partial charge is 0.493 e. The molecule has 0 fully saturated rings. The van der Waals surface area contributed by atoms with Crippen LogP contribution in [0.25, 0.3) is 6.08 Å².